The summed E-state index contributed by atoms with van der Waals surface area (Å²) in [7, 11) is 0. The largest absolute Gasteiger partial charge is 0.244 e. The van der Waals surface area contributed by atoms with Gasteiger partial charge in [0.2, 0.25) is 0 Å². The van der Waals surface area contributed by atoms with Crippen molar-refractivity contribution in [2.75, 3.05) is 0 Å². The van der Waals surface area contributed by atoms with E-state index < -0.39 is 5.67 Å². The first-order valence-electron chi connectivity index (χ1n) is 4.27. The summed E-state index contributed by atoms with van der Waals surface area (Å²) in [6.45, 7) is 5.97. The lowest BCUT2D eigenvalue weighted by Gasteiger charge is -2.13. The Morgan fingerprint density at radius 2 is 1.90 bits per heavy atom. The van der Waals surface area contributed by atoms with E-state index in [1.807, 2.05) is 0 Å². The van der Waals surface area contributed by atoms with Crippen LogP contribution in [0.2, 0.25) is 0 Å². The Kier molecular flexibility index (Phi) is 1.78. The van der Waals surface area contributed by atoms with Crippen molar-refractivity contribution < 1.29 is 4.39 Å². The predicted octanol–water partition coefficient (Wildman–Crippen LogP) is 3.31. The van der Waals surface area contributed by atoms with Crippen molar-refractivity contribution in [3.63, 3.8) is 0 Å². The van der Waals surface area contributed by atoms with Crippen molar-refractivity contribution >= 4 is 0 Å². The second kappa shape index (κ2) is 2.21. The van der Waals surface area contributed by atoms with E-state index in [-0.39, 0.29) is 5.41 Å². The third kappa shape index (κ3) is 0.959. The van der Waals surface area contributed by atoms with Crippen LogP contribution in [0.3, 0.4) is 0 Å². The molecule has 0 heterocycles. The fourth-order valence-electron chi connectivity index (χ4n) is 2.09. The van der Waals surface area contributed by atoms with Crippen molar-refractivity contribution in [2.45, 2.75) is 52.1 Å². The molecule has 60 valence electrons. The topological polar surface area (TPSA) is 0 Å². The number of hydrogen-bond acceptors (Lipinski definition) is 0. The Bertz CT molecular complexity index is 129. The highest BCUT2D eigenvalue weighted by molar-refractivity contribution is 5.12. The van der Waals surface area contributed by atoms with Crippen LogP contribution < -0.4 is 0 Å². The van der Waals surface area contributed by atoms with Crippen LogP contribution in [0, 0.1) is 5.41 Å². The smallest absolute Gasteiger partial charge is 0.114 e. The van der Waals surface area contributed by atoms with Crippen LogP contribution in [-0.4, -0.2) is 5.67 Å². The van der Waals surface area contributed by atoms with Gasteiger partial charge in [0, 0.05) is 5.41 Å². The molecule has 1 aliphatic carbocycles. The maximum atomic E-state index is 13.3. The Morgan fingerprint density at radius 3 is 2.00 bits per heavy atom. The molecular formula is C9H17F. The summed E-state index contributed by atoms with van der Waals surface area (Å²) in [5.41, 5.74) is -0.764. The van der Waals surface area contributed by atoms with E-state index in [9.17, 15) is 4.39 Å². The summed E-state index contributed by atoms with van der Waals surface area (Å²) in [4.78, 5) is 0. The minimum atomic E-state index is -0.836. The van der Waals surface area contributed by atoms with Gasteiger partial charge in [0.05, 0.1) is 0 Å². The summed E-state index contributed by atoms with van der Waals surface area (Å²) in [5.74, 6) is 0. The molecule has 1 aliphatic rings. The first kappa shape index (κ1) is 8.03. The van der Waals surface area contributed by atoms with Crippen molar-refractivity contribution in [3.05, 3.63) is 0 Å². The highest BCUT2D eigenvalue weighted by Crippen LogP contribution is 2.63. The van der Waals surface area contributed by atoms with Crippen LogP contribution in [0.5, 0.6) is 0 Å². The van der Waals surface area contributed by atoms with Gasteiger partial charge in [-0.2, -0.15) is 0 Å². The molecule has 2 unspecified atom stereocenters. The van der Waals surface area contributed by atoms with Crippen LogP contribution in [0.1, 0.15) is 46.5 Å². The summed E-state index contributed by atoms with van der Waals surface area (Å²) in [5, 5.41) is 0. The maximum Gasteiger partial charge on any atom is 0.114 e. The molecular weight excluding hydrogens is 127 g/mol. The van der Waals surface area contributed by atoms with Crippen LogP contribution in [-0.2, 0) is 0 Å². The van der Waals surface area contributed by atoms with E-state index in [0.717, 1.165) is 25.7 Å². The zero-order valence-corrected chi connectivity index (χ0v) is 7.21. The van der Waals surface area contributed by atoms with E-state index in [0.29, 0.717) is 0 Å². The standard InChI is InChI=1S/C9H17F/c1-4-6-9(5-2)7-8(9,3)10/h4-7H2,1-3H3. The van der Waals surface area contributed by atoms with Crippen LogP contribution in [0.4, 0.5) is 4.39 Å². The molecule has 1 heteroatoms. The van der Waals surface area contributed by atoms with Gasteiger partial charge in [-0.1, -0.05) is 20.3 Å². The molecule has 0 amide bonds. The van der Waals surface area contributed by atoms with Gasteiger partial charge in [-0.3, -0.25) is 0 Å². The summed E-state index contributed by atoms with van der Waals surface area (Å²) in [6, 6.07) is 0. The van der Waals surface area contributed by atoms with E-state index >= 15 is 0 Å². The van der Waals surface area contributed by atoms with Crippen LogP contribution in [0.15, 0.2) is 0 Å². The van der Waals surface area contributed by atoms with E-state index in [1.54, 1.807) is 6.92 Å². The van der Waals surface area contributed by atoms with Gasteiger partial charge in [0.1, 0.15) is 5.67 Å². The minimum Gasteiger partial charge on any atom is -0.244 e. The highest BCUT2D eigenvalue weighted by atomic mass is 19.1. The van der Waals surface area contributed by atoms with Gasteiger partial charge in [-0.25, -0.2) is 4.39 Å². The molecule has 0 radical (unpaired) electrons. The van der Waals surface area contributed by atoms with Gasteiger partial charge in [0.15, 0.2) is 0 Å². The van der Waals surface area contributed by atoms with Crippen LogP contribution >= 0.6 is 0 Å². The molecule has 0 aromatic carbocycles. The molecule has 0 aromatic rings. The molecule has 0 N–H and O–H groups in total. The predicted molar refractivity (Wildman–Crippen MR) is 41.8 cm³/mol. The van der Waals surface area contributed by atoms with E-state index in [2.05, 4.69) is 13.8 Å². The summed E-state index contributed by atoms with van der Waals surface area (Å²) >= 11 is 0. The first-order chi connectivity index (χ1) is 4.58. The van der Waals surface area contributed by atoms with Gasteiger partial charge < -0.3 is 0 Å². The molecule has 0 saturated heterocycles. The van der Waals surface area contributed by atoms with Crippen molar-refractivity contribution in [1.82, 2.24) is 0 Å². The number of alkyl halides is 1. The third-order valence-corrected chi connectivity index (χ3v) is 3.06. The Labute approximate surface area is 62.8 Å². The highest BCUT2D eigenvalue weighted by Gasteiger charge is 2.63. The summed E-state index contributed by atoms with van der Waals surface area (Å²) in [6.07, 6.45) is 3.99. The minimum absolute atomic E-state index is 0.0712. The van der Waals surface area contributed by atoms with Gasteiger partial charge >= 0.3 is 0 Å². The lowest BCUT2D eigenvalue weighted by molar-refractivity contribution is 0.229. The Balaban J connectivity index is 2.50. The molecule has 1 saturated carbocycles. The third-order valence-electron chi connectivity index (χ3n) is 3.06. The second-order valence-corrected chi connectivity index (χ2v) is 3.76. The lowest BCUT2D eigenvalue weighted by atomic mass is 9.94. The fourth-order valence-corrected chi connectivity index (χ4v) is 2.09. The zero-order valence-electron chi connectivity index (χ0n) is 7.21. The van der Waals surface area contributed by atoms with Crippen molar-refractivity contribution in [3.8, 4) is 0 Å². The Morgan fingerprint density at radius 1 is 1.40 bits per heavy atom. The van der Waals surface area contributed by atoms with Gasteiger partial charge in [-0.05, 0) is 26.2 Å². The quantitative estimate of drug-likeness (QED) is 0.570. The summed E-state index contributed by atoms with van der Waals surface area (Å²) < 4.78 is 13.3. The molecule has 0 spiro atoms. The lowest BCUT2D eigenvalue weighted by Crippen LogP contribution is -2.10. The van der Waals surface area contributed by atoms with E-state index in [4.69, 9.17) is 0 Å². The maximum absolute atomic E-state index is 13.3. The molecule has 1 fully saturated rings. The average Bonchev–Trinajstić information content (AvgIpc) is 2.37. The Hall–Kier alpha value is -0.0700. The van der Waals surface area contributed by atoms with Crippen molar-refractivity contribution in [1.29, 1.82) is 0 Å². The van der Waals surface area contributed by atoms with Crippen LogP contribution in [0.25, 0.3) is 0 Å². The normalized spacial score (nSPS) is 45.6. The number of hydrogen-bond donors (Lipinski definition) is 0. The van der Waals surface area contributed by atoms with Gasteiger partial charge in [-0.15, -0.1) is 0 Å². The molecule has 0 bridgehead atoms. The fraction of sp³-hybridized carbons (Fsp3) is 1.00. The first-order valence-corrected chi connectivity index (χ1v) is 4.27. The monoisotopic (exact) mass is 144 g/mol. The SMILES string of the molecule is CCCC1(CC)CC1(C)F. The van der Waals surface area contributed by atoms with Gasteiger partial charge in [0.25, 0.3) is 0 Å². The molecule has 2 atom stereocenters. The molecule has 0 nitrogen and oxygen atoms in total. The molecule has 0 aromatic heterocycles. The van der Waals surface area contributed by atoms with E-state index in [1.165, 1.54) is 0 Å². The zero-order chi connectivity index (χ0) is 7.83. The number of rotatable bonds is 3. The molecule has 0 aliphatic heterocycles. The second-order valence-electron chi connectivity index (χ2n) is 3.76. The average molecular weight is 144 g/mol. The molecule has 1 rings (SSSR count). The number of halogens is 1. The van der Waals surface area contributed by atoms with Crippen molar-refractivity contribution in [2.24, 2.45) is 5.41 Å². The molecule has 10 heavy (non-hydrogen) atoms.